The summed E-state index contributed by atoms with van der Waals surface area (Å²) in [6.45, 7) is 5.63. The average Bonchev–Trinajstić information content (AvgIpc) is 2.77. The minimum Gasteiger partial charge on any atom is -0.497 e. The van der Waals surface area contributed by atoms with Crippen LogP contribution in [0.4, 0.5) is 11.4 Å². The lowest BCUT2D eigenvalue weighted by atomic mass is 10.2. The van der Waals surface area contributed by atoms with Crippen molar-refractivity contribution in [2.75, 3.05) is 32.8 Å². The lowest BCUT2D eigenvalue weighted by Gasteiger charge is -2.14. The monoisotopic (exact) mass is 497 g/mol. The first-order chi connectivity index (χ1) is 15.7. The summed E-state index contributed by atoms with van der Waals surface area (Å²) < 4.78 is 21.4. The zero-order valence-corrected chi connectivity index (χ0v) is 20.4. The predicted octanol–water partition coefficient (Wildman–Crippen LogP) is 5.49. The summed E-state index contributed by atoms with van der Waals surface area (Å²) in [7, 11) is 2.89. The SMILES string of the molecule is CCOc1cc(N=NC(C(C)=O)C(=O)Nc2cc(OC)cc(OC)c2Cl)cc(Cl)c1OCC. The van der Waals surface area contributed by atoms with E-state index in [1.54, 1.807) is 12.1 Å². The van der Waals surface area contributed by atoms with Gasteiger partial charge < -0.3 is 24.3 Å². The molecule has 0 aliphatic rings. The van der Waals surface area contributed by atoms with Crippen LogP contribution in [0.15, 0.2) is 34.5 Å². The second kappa shape index (κ2) is 12.3. The van der Waals surface area contributed by atoms with Crippen molar-refractivity contribution in [2.24, 2.45) is 10.2 Å². The number of ether oxygens (including phenoxy) is 4. The third kappa shape index (κ3) is 6.72. The normalized spacial score (nSPS) is 11.7. The van der Waals surface area contributed by atoms with Gasteiger partial charge in [-0.15, -0.1) is 0 Å². The molecule has 0 aliphatic heterocycles. The van der Waals surface area contributed by atoms with Crippen molar-refractivity contribution in [1.82, 2.24) is 0 Å². The van der Waals surface area contributed by atoms with Gasteiger partial charge >= 0.3 is 0 Å². The quantitative estimate of drug-likeness (QED) is 0.324. The van der Waals surface area contributed by atoms with E-state index in [0.29, 0.717) is 36.2 Å². The number of carbonyl (C=O) groups is 2. The number of nitrogens with one attached hydrogen (secondary N) is 1. The molecule has 2 aromatic rings. The maximum atomic E-state index is 12.8. The highest BCUT2D eigenvalue weighted by Crippen LogP contribution is 2.40. The smallest absolute Gasteiger partial charge is 0.258 e. The van der Waals surface area contributed by atoms with Crippen molar-refractivity contribution < 1.29 is 28.5 Å². The Kier molecular flexibility index (Phi) is 9.74. The van der Waals surface area contributed by atoms with E-state index in [1.165, 1.54) is 33.3 Å². The maximum absolute atomic E-state index is 12.8. The van der Waals surface area contributed by atoms with E-state index >= 15 is 0 Å². The van der Waals surface area contributed by atoms with E-state index in [-0.39, 0.29) is 21.4 Å². The van der Waals surface area contributed by atoms with Gasteiger partial charge in [-0.1, -0.05) is 23.2 Å². The predicted molar refractivity (Wildman–Crippen MR) is 126 cm³/mol. The number of nitrogens with zero attached hydrogens (tertiary/aromatic N) is 2. The van der Waals surface area contributed by atoms with Crippen LogP contribution in [0.2, 0.25) is 10.0 Å². The van der Waals surface area contributed by atoms with Gasteiger partial charge in [-0.05, 0) is 26.8 Å². The zero-order valence-electron chi connectivity index (χ0n) is 18.9. The van der Waals surface area contributed by atoms with Crippen molar-refractivity contribution >= 4 is 46.3 Å². The Morgan fingerprint density at radius 3 is 2.27 bits per heavy atom. The topological polar surface area (TPSA) is 108 Å². The van der Waals surface area contributed by atoms with Gasteiger partial charge in [0, 0.05) is 18.2 Å². The van der Waals surface area contributed by atoms with E-state index < -0.39 is 17.7 Å². The first-order valence-electron chi connectivity index (χ1n) is 9.98. The number of ketones is 1. The number of Topliss-reactive ketones (excluding diaryl/α,β-unsaturated/α-hetero) is 1. The summed E-state index contributed by atoms with van der Waals surface area (Å²) in [4.78, 5) is 24.9. The molecule has 11 heteroatoms. The molecule has 0 bridgehead atoms. The number of benzene rings is 2. The van der Waals surface area contributed by atoms with Crippen LogP contribution in [0, 0.1) is 0 Å². The third-order valence-corrected chi connectivity index (χ3v) is 4.90. The lowest BCUT2D eigenvalue weighted by Crippen LogP contribution is -2.32. The van der Waals surface area contributed by atoms with Crippen molar-refractivity contribution in [1.29, 1.82) is 0 Å². The fraction of sp³-hybridized carbons (Fsp3) is 0.364. The van der Waals surface area contributed by atoms with Crippen LogP contribution in [-0.4, -0.2) is 45.2 Å². The van der Waals surface area contributed by atoms with Crippen LogP contribution in [0.25, 0.3) is 0 Å². The van der Waals surface area contributed by atoms with Crippen molar-refractivity contribution in [3.05, 3.63) is 34.3 Å². The molecule has 178 valence electrons. The lowest BCUT2D eigenvalue weighted by molar-refractivity contribution is -0.126. The number of carbonyl (C=O) groups excluding carboxylic acids is 2. The summed E-state index contributed by atoms with van der Waals surface area (Å²) in [6.07, 6.45) is 0. The minimum atomic E-state index is -1.43. The highest BCUT2D eigenvalue weighted by molar-refractivity contribution is 6.35. The summed E-state index contributed by atoms with van der Waals surface area (Å²) in [5.41, 5.74) is 0.481. The first-order valence-corrected chi connectivity index (χ1v) is 10.7. The summed E-state index contributed by atoms with van der Waals surface area (Å²) in [5.74, 6) is 0.192. The molecule has 1 unspecified atom stereocenters. The van der Waals surface area contributed by atoms with Crippen LogP contribution in [0.5, 0.6) is 23.0 Å². The van der Waals surface area contributed by atoms with Gasteiger partial charge in [0.15, 0.2) is 17.3 Å². The van der Waals surface area contributed by atoms with E-state index in [9.17, 15) is 9.59 Å². The van der Waals surface area contributed by atoms with E-state index in [0.717, 1.165) is 0 Å². The maximum Gasteiger partial charge on any atom is 0.258 e. The second-order valence-electron chi connectivity index (χ2n) is 6.53. The number of halogens is 2. The number of anilines is 1. The third-order valence-electron chi connectivity index (χ3n) is 4.23. The van der Waals surface area contributed by atoms with Crippen molar-refractivity contribution in [2.45, 2.75) is 26.8 Å². The average molecular weight is 498 g/mol. The molecule has 1 atom stereocenters. The molecule has 33 heavy (non-hydrogen) atoms. The van der Waals surface area contributed by atoms with E-state index in [4.69, 9.17) is 42.1 Å². The Bertz CT molecular complexity index is 1050. The van der Waals surface area contributed by atoms with Gasteiger partial charge in [-0.2, -0.15) is 10.2 Å². The largest absolute Gasteiger partial charge is 0.497 e. The fourth-order valence-electron chi connectivity index (χ4n) is 2.73. The molecule has 1 amide bonds. The Balaban J connectivity index is 2.33. The van der Waals surface area contributed by atoms with Gasteiger partial charge in [-0.25, -0.2) is 0 Å². The highest BCUT2D eigenvalue weighted by atomic mass is 35.5. The number of amides is 1. The van der Waals surface area contributed by atoms with Crippen LogP contribution in [0.3, 0.4) is 0 Å². The minimum absolute atomic E-state index is 0.144. The Morgan fingerprint density at radius 1 is 1.00 bits per heavy atom. The number of methoxy groups -OCH3 is 2. The molecule has 2 aromatic carbocycles. The molecule has 0 aliphatic carbocycles. The molecule has 0 radical (unpaired) electrons. The molecule has 2 rings (SSSR count). The van der Waals surface area contributed by atoms with Gasteiger partial charge in [0.1, 0.15) is 16.5 Å². The van der Waals surface area contributed by atoms with E-state index in [2.05, 4.69) is 15.5 Å². The molecule has 0 saturated carbocycles. The van der Waals surface area contributed by atoms with E-state index in [1.807, 2.05) is 13.8 Å². The molecule has 0 fully saturated rings. The van der Waals surface area contributed by atoms with Gasteiger partial charge in [-0.3, -0.25) is 9.59 Å². The van der Waals surface area contributed by atoms with Crippen LogP contribution in [-0.2, 0) is 9.59 Å². The Labute approximate surface area is 202 Å². The summed E-state index contributed by atoms with van der Waals surface area (Å²) in [5, 5.41) is 10.9. The molecule has 0 spiro atoms. The Morgan fingerprint density at radius 2 is 1.70 bits per heavy atom. The van der Waals surface area contributed by atoms with Gasteiger partial charge in [0.05, 0.1) is 43.8 Å². The standard InChI is InChI=1S/C22H25Cl2N3O6/c1-6-32-18-9-13(8-15(23)21(18)33-7-2)26-27-20(12(3)28)22(29)25-16-10-14(30-4)11-17(31-5)19(16)24/h8-11,20H,6-7H2,1-5H3,(H,25,29). The van der Waals surface area contributed by atoms with Gasteiger partial charge in [0.25, 0.3) is 5.91 Å². The highest BCUT2D eigenvalue weighted by Gasteiger charge is 2.25. The number of hydrogen-bond donors (Lipinski definition) is 1. The summed E-state index contributed by atoms with van der Waals surface area (Å²) in [6, 6.07) is 4.68. The molecule has 1 N–H and O–H groups in total. The van der Waals surface area contributed by atoms with Crippen molar-refractivity contribution in [3.63, 3.8) is 0 Å². The zero-order chi connectivity index (χ0) is 24.5. The van der Waals surface area contributed by atoms with Gasteiger partial charge in [0.2, 0.25) is 6.04 Å². The number of rotatable bonds is 11. The molecule has 0 aromatic heterocycles. The molecular formula is C22H25Cl2N3O6. The molecular weight excluding hydrogens is 473 g/mol. The molecule has 0 heterocycles. The van der Waals surface area contributed by atoms with Crippen LogP contribution in [0.1, 0.15) is 20.8 Å². The van der Waals surface area contributed by atoms with Crippen molar-refractivity contribution in [3.8, 4) is 23.0 Å². The van der Waals surface area contributed by atoms with Crippen LogP contribution < -0.4 is 24.3 Å². The Hall–Kier alpha value is -3.04. The number of hydrogen-bond acceptors (Lipinski definition) is 8. The van der Waals surface area contributed by atoms with Crippen LogP contribution >= 0.6 is 23.2 Å². The molecule has 0 saturated heterocycles. The summed E-state index contributed by atoms with van der Waals surface area (Å²) >= 11 is 12.5. The molecule has 9 nitrogen and oxygen atoms in total. The number of azo groups is 1. The fourth-order valence-corrected chi connectivity index (χ4v) is 3.23. The first kappa shape index (κ1) is 26.2. The second-order valence-corrected chi connectivity index (χ2v) is 7.32.